The van der Waals surface area contributed by atoms with Crippen molar-refractivity contribution < 1.29 is 14.7 Å². The summed E-state index contributed by atoms with van der Waals surface area (Å²) >= 11 is 4.65. The van der Waals surface area contributed by atoms with Crippen LogP contribution in [0.15, 0.2) is 93.6 Å². The number of hydrazone groups is 1. The Bertz CT molecular complexity index is 1340. The number of hydrogen-bond donors (Lipinski definition) is 1. The summed E-state index contributed by atoms with van der Waals surface area (Å²) in [6.07, 6.45) is 1.27. The summed E-state index contributed by atoms with van der Waals surface area (Å²) in [4.78, 5) is 23.5. The molecule has 1 amide bonds. The first kappa shape index (κ1) is 23.4. The van der Waals surface area contributed by atoms with Gasteiger partial charge in [-0.3, -0.25) is 9.36 Å². The van der Waals surface area contributed by atoms with E-state index < -0.39 is 5.97 Å². The molecule has 0 saturated carbocycles. The lowest BCUT2D eigenvalue weighted by molar-refractivity contribution is -0.255. The third kappa shape index (κ3) is 5.59. The molecule has 0 spiro atoms. The summed E-state index contributed by atoms with van der Waals surface area (Å²) in [7, 11) is 0. The largest absolute Gasteiger partial charge is 0.545 e. The van der Waals surface area contributed by atoms with Gasteiger partial charge in [0.15, 0.2) is 11.0 Å². The van der Waals surface area contributed by atoms with E-state index in [1.54, 1.807) is 18.2 Å². The van der Waals surface area contributed by atoms with Crippen LogP contribution in [0.3, 0.4) is 0 Å². The molecule has 8 nitrogen and oxygen atoms in total. The maximum absolute atomic E-state index is 12.4. The van der Waals surface area contributed by atoms with Crippen LogP contribution in [0.4, 0.5) is 0 Å². The van der Waals surface area contributed by atoms with Crippen LogP contribution in [0.5, 0.6) is 0 Å². The normalized spacial score (nSPS) is 11.0. The first-order valence-corrected chi connectivity index (χ1v) is 11.8. The fourth-order valence-electron chi connectivity index (χ4n) is 3.09. The Morgan fingerprint density at radius 2 is 1.71 bits per heavy atom. The third-order valence-corrected chi connectivity index (χ3v) is 6.11. The van der Waals surface area contributed by atoms with Crippen molar-refractivity contribution in [2.75, 3.05) is 5.75 Å². The fraction of sp³-hybridized carbons (Fsp3) is 0.0417. The molecular weight excluding hydrogens is 518 g/mol. The van der Waals surface area contributed by atoms with E-state index in [1.807, 2.05) is 59.2 Å². The van der Waals surface area contributed by atoms with Crippen LogP contribution >= 0.6 is 27.7 Å². The molecule has 0 saturated heterocycles. The highest BCUT2D eigenvalue weighted by molar-refractivity contribution is 9.10. The molecule has 1 N–H and O–H groups in total. The molecule has 0 aliphatic rings. The number of aromatic carboxylic acids is 1. The molecule has 34 heavy (non-hydrogen) atoms. The Kier molecular flexibility index (Phi) is 7.51. The Labute approximate surface area is 207 Å². The summed E-state index contributed by atoms with van der Waals surface area (Å²) in [5.41, 5.74) is 4.48. The van der Waals surface area contributed by atoms with Gasteiger partial charge < -0.3 is 9.90 Å². The van der Waals surface area contributed by atoms with Gasteiger partial charge in [0.05, 0.1) is 17.9 Å². The van der Waals surface area contributed by atoms with E-state index in [2.05, 4.69) is 36.7 Å². The van der Waals surface area contributed by atoms with E-state index >= 15 is 0 Å². The number of nitrogens with zero attached hydrogens (tertiary/aromatic N) is 4. The first-order chi connectivity index (χ1) is 16.5. The van der Waals surface area contributed by atoms with Crippen LogP contribution in [0.2, 0.25) is 0 Å². The lowest BCUT2D eigenvalue weighted by Crippen LogP contribution is -2.24. The van der Waals surface area contributed by atoms with E-state index in [0.717, 1.165) is 15.7 Å². The zero-order chi connectivity index (χ0) is 23.9. The van der Waals surface area contributed by atoms with Crippen molar-refractivity contribution in [1.29, 1.82) is 0 Å². The van der Waals surface area contributed by atoms with E-state index in [4.69, 9.17) is 0 Å². The molecule has 0 bridgehead atoms. The number of benzene rings is 3. The van der Waals surface area contributed by atoms with E-state index in [1.165, 1.54) is 24.0 Å². The summed E-state index contributed by atoms with van der Waals surface area (Å²) in [5.74, 6) is -1.01. The van der Waals surface area contributed by atoms with Crippen molar-refractivity contribution in [2.45, 2.75) is 5.16 Å². The summed E-state index contributed by atoms with van der Waals surface area (Å²) in [5, 5.41) is 24.2. The van der Waals surface area contributed by atoms with Crippen LogP contribution in [0.25, 0.3) is 17.1 Å². The Balaban J connectivity index is 1.49. The number of carbonyl (C=O) groups excluding carboxylic acids is 2. The standard InChI is InChI=1S/C24H18BrN5O3S/c25-18-12-10-16(11-13-18)22-28-29-24(30(22)19-7-2-1-3-8-19)34-15-21(31)27-26-14-17-6-4-5-9-20(17)23(32)33/h1-14H,15H2,(H,27,31)(H,32,33)/p-1/b26-14-. The number of nitrogens with one attached hydrogen (secondary N) is 1. The maximum Gasteiger partial charge on any atom is 0.250 e. The first-order valence-electron chi connectivity index (χ1n) is 10.0. The lowest BCUT2D eigenvalue weighted by Gasteiger charge is -2.10. The Hall–Kier alpha value is -3.76. The molecular formula is C24H17BrN5O3S-. The van der Waals surface area contributed by atoms with Crippen molar-refractivity contribution in [3.8, 4) is 17.1 Å². The van der Waals surface area contributed by atoms with Gasteiger partial charge in [0.25, 0.3) is 5.91 Å². The van der Waals surface area contributed by atoms with Gasteiger partial charge in [0.1, 0.15) is 0 Å². The molecule has 10 heteroatoms. The van der Waals surface area contributed by atoms with Crippen molar-refractivity contribution >= 4 is 45.8 Å². The average Bonchev–Trinajstić information content (AvgIpc) is 3.28. The molecule has 1 aromatic heterocycles. The van der Waals surface area contributed by atoms with Crippen LogP contribution < -0.4 is 10.5 Å². The fourth-order valence-corrected chi connectivity index (χ4v) is 4.10. The number of amides is 1. The molecule has 0 radical (unpaired) electrons. The topological polar surface area (TPSA) is 112 Å². The Morgan fingerprint density at radius 1 is 1.00 bits per heavy atom. The molecule has 4 aromatic rings. The SMILES string of the molecule is O=C(CSc1nnc(-c2ccc(Br)cc2)n1-c1ccccc1)N/N=C\c1ccccc1C(=O)[O-]. The van der Waals surface area contributed by atoms with Crippen molar-refractivity contribution in [3.05, 3.63) is 94.5 Å². The van der Waals surface area contributed by atoms with E-state index in [0.29, 0.717) is 16.5 Å². The minimum atomic E-state index is -1.31. The monoisotopic (exact) mass is 534 g/mol. The molecule has 0 unspecified atom stereocenters. The van der Waals surface area contributed by atoms with Gasteiger partial charge in [-0.15, -0.1) is 10.2 Å². The highest BCUT2D eigenvalue weighted by Crippen LogP contribution is 2.28. The molecule has 1 heterocycles. The minimum absolute atomic E-state index is 0.00805. The van der Waals surface area contributed by atoms with Gasteiger partial charge >= 0.3 is 0 Å². The van der Waals surface area contributed by atoms with Gasteiger partial charge in [-0.2, -0.15) is 5.10 Å². The number of carbonyl (C=O) groups is 2. The number of carboxylic acids is 1. The van der Waals surface area contributed by atoms with Gasteiger partial charge in [0, 0.05) is 26.9 Å². The number of thioether (sulfide) groups is 1. The van der Waals surface area contributed by atoms with Crippen LogP contribution in [-0.4, -0.2) is 38.6 Å². The predicted octanol–water partition coefficient (Wildman–Crippen LogP) is 3.30. The summed E-state index contributed by atoms with van der Waals surface area (Å²) < 4.78 is 2.84. The number of carboxylic acid groups (broad SMARTS) is 1. The molecule has 0 aliphatic carbocycles. The average molecular weight is 535 g/mol. The van der Waals surface area contributed by atoms with Gasteiger partial charge in [-0.1, -0.05) is 82.3 Å². The number of para-hydroxylation sites is 1. The lowest BCUT2D eigenvalue weighted by atomic mass is 10.1. The second-order valence-electron chi connectivity index (χ2n) is 6.94. The highest BCUT2D eigenvalue weighted by atomic mass is 79.9. The van der Waals surface area contributed by atoms with Gasteiger partial charge in [-0.25, -0.2) is 5.43 Å². The number of aromatic nitrogens is 3. The van der Waals surface area contributed by atoms with E-state index in [-0.39, 0.29) is 17.2 Å². The zero-order valence-corrected chi connectivity index (χ0v) is 20.0. The smallest absolute Gasteiger partial charge is 0.250 e. The van der Waals surface area contributed by atoms with Crippen molar-refractivity contribution in [2.24, 2.45) is 5.10 Å². The quantitative estimate of drug-likeness (QED) is 0.211. The number of hydrogen-bond acceptors (Lipinski definition) is 7. The second kappa shape index (κ2) is 10.9. The zero-order valence-electron chi connectivity index (χ0n) is 17.6. The number of halogens is 1. The number of rotatable bonds is 8. The molecule has 4 rings (SSSR count). The minimum Gasteiger partial charge on any atom is -0.545 e. The molecule has 0 atom stereocenters. The molecule has 3 aromatic carbocycles. The van der Waals surface area contributed by atoms with Crippen molar-refractivity contribution in [1.82, 2.24) is 20.2 Å². The van der Waals surface area contributed by atoms with Crippen LogP contribution in [0, 0.1) is 0 Å². The molecule has 170 valence electrons. The van der Waals surface area contributed by atoms with Gasteiger partial charge in [0.2, 0.25) is 0 Å². The Morgan fingerprint density at radius 3 is 2.44 bits per heavy atom. The van der Waals surface area contributed by atoms with Gasteiger partial charge in [-0.05, 0) is 24.3 Å². The predicted molar refractivity (Wildman–Crippen MR) is 132 cm³/mol. The summed E-state index contributed by atoms with van der Waals surface area (Å²) in [6.45, 7) is 0. The maximum atomic E-state index is 12.4. The molecule has 0 aliphatic heterocycles. The van der Waals surface area contributed by atoms with Crippen LogP contribution in [0.1, 0.15) is 15.9 Å². The van der Waals surface area contributed by atoms with Crippen molar-refractivity contribution in [3.63, 3.8) is 0 Å². The van der Waals surface area contributed by atoms with E-state index in [9.17, 15) is 14.7 Å². The highest BCUT2D eigenvalue weighted by Gasteiger charge is 2.17. The third-order valence-electron chi connectivity index (χ3n) is 4.66. The second-order valence-corrected chi connectivity index (χ2v) is 8.80. The molecule has 0 fully saturated rings. The summed E-state index contributed by atoms with van der Waals surface area (Å²) in [6, 6.07) is 23.6. The van der Waals surface area contributed by atoms with Crippen LogP contribution in [-0.2, 0) is 4.79 Å².